The molecule has 0 aliphatic rings. The zero-order valence-corrected chi connectivity index (χ0v) is 23.5. The number of carbonyl (C=O) groups excluding carboxylic acids is 1. The first kappa shape index (κ1) is 28.2. The van der Waals surface area contributed by atoms with Crippen molar-refractivity contribution in [3.8, 4) is 16.9 Å². The fourth-order valence-electron chi connectivity index (χ4n) is 4.24. The standard InChI is InChI=1S/C33H36N2O3S/c1-3-5-20-38-32-15-12-28(13-16-32)29-8-6-7-26(21-29)9-14-31(36)22-27-10-17-33(18-11-27)39(37)24-30-23-34-25-35(30)19-4-2/h6-18,21,23,25H,3-5,19-20,22,24H2,1-2H3/b14-9+. The highest BCUT2D eigenvalue weighted by molar-refractivity contribution is 7.84. The Kier molecular flexibility index (Phi) is 10.4. The van der Waals surface area contributed by atoms with Crippen molar-refractivity contribution < 1.29 is 13.7 Å². The number of rotatable bonds is 14. The Bertz CT molecular complexity index is 1410. The molecule has 0 saturated heterocycles. The van der Waals surface area contributed by atoms with Crippen LogP contribution in [0.25, 0.3) is 17.2 Å². The highest BCUT2D eigenvalue weighted by atomic mass is 32.2. The molecule has 6 heteroatoms. The van der Waals surface area contributed by atoms with Gasteiger partial charge in [0, 0.05) is 24.1 Å². The molecule has 39 heavy (non-hydrogen) atoms. The predicted octanol–water partition coefficient (Wildman–Crippen LogP) is 7.27. The van der Waals surface area contributed by atoms with Crippen LogP contribution in [0, 0.1) is 0 Å². The molecule has 5 nitrogen and oxygen atoms in total. The lowest BCUT2D eigenvalue weighted by Gasteiger charge is -2.07. The second-order valence-corrected chi connectivity index (χ2v) is 11.0. The molecule has 4 aromatic rings. The molecule has 0 amide bonds. The third kappa shape index (κ3) is 8.36. The molecule has 1 heterocycles. The van der Waals surface area contributed by atoms with Gasteiger partial charge in [0.2, 0.25) is 0 Å². The maximum atomic E-state index is 12.8. The number of allylic oxidation sites excluding steroid dienone is 1. The lowest BCUT2D eigenvalue weighted by atomic mass is 10.0. The van der Waals surface area contributed by atoms with Gasteiger partial charge in [-0.3, -0.25) is 9.00 Å². The van der Waals surface area contributed by atoms with E-state index in [0.29, 0.717) is 12.2 Å². The van der Waals surface area contributed by atoms with Crippen LogP contribution < -0.4 is 4.74 Å². The van der Waals surface area contributed by atoms with Crippen molar-refractivity contribution in [1.29, 1.82) is 0 Å². The van der Waals surface area contributed by atoms with E-state index < -0.39 is 10.8 Å². The minimum atomic E-state index is -1.16. The third-order valence-electron chi connectivity index (χ3n) is 6.41. The Labute approximate surface area is 234 Å². The smallest absolute Gasteiger partial charge is 0.160 e. The van der Waals surface area contributed by atoms with E-state index in [-0.39, 0.29) is 5.78 Å². The quantitative estimate of drug-likeness (QED) is 0.125. The van der Waals surface area contributed by atoms with Crippen LogP contribution in [0.4, 0.5) is 0 Å². The SMILES string of the molecule is CCCCOc1ccc(-c2cccc(/C=C/C(=O)Cc3ccc(S(=O)Cc4cncn4CCC)cc3)c2)cc1. The number of hydrogen-bond acceptors (Lipinski definition) is 4. The van der Waals surface area contributed by atoms with E-state index in [2.05, 4.69) is 43.1 Å². The average molecular weight is 541 g/mol. The van der Waals surface area contributed by atoms with Gasteiger partial charge >= 0.3 is 0 Å². The molecule has 1 atom stereocenters. The second kappa shape index (κ2) is 14.4. The summed E-state index contributed by atoms with van der Waals surface area (Å²) < 4.78 is 20.7. The van der Waals surface area contributed by atoms with Crippen LogP contribution >= 0.6 is 0 Å². The van der Waals surface area contributed by atoms with E-state index in [0.717, 1.165) is 71.0 Å². The Hall–Kier alpha value is -3.77. The molecule has 3 aromatic carbocycles. The van der Waals surface area contributed by atoms with Gasteiger partial charge in [-0.15, -0.1) is 0 Å². The zero-order chi connectivity index (χ0) is 27.5. The van der Waals surface area contributed by atoms with Crippen molar-refractivity contribution in [2.45, 2.75) is 56.7 Å². The van der Waals surface area contributed by atoms with Gasteiger partial charge in [-0.1, -0.05) is 68.8 Å². The van der Waals surface area contributed by atoms with Gasteiger partial charge in [-0.25, -0.2) is 4.98 Å². The van der Waals surface area contributed by atoms with Gasteiger partial charge < -0.3 is 9.30 Å². The second-order valence-electron chi connectivity index (χ2n) is 9.54. The Morgan fingerprint density at radius 1 is 0.974 bits per heavy atom. The van der Waals surface area contributed by atoms with Crippen molar-refractivity contribution in [2.24, 2.45) is 0 Å². The summed E-state index contributed by atoms with van der Waals surface area (Å²) in [4.78, 5) is 17.6. The zero-order valence-electron chi connectivity index (χ0n) is 22.7. The number of ketones is 1. The lowest BCUT2D eigenvalue weighted by Crippen LogP contribution is -2.05. The summed E-state index contributed by atoms with van der Waals surface area (Å²) in [6.45, 7) is 5.86. The number of aryl methyl sites for hydroxylation is 1. The first-order valence-corrected chi connectivity index (χ1v) is 14.9. The van der Waals surface area contributed by atoms with Crippen LogP contribution in [0.15, 0.2) is 96.3 Å². The number of carbonyl (C=O) groups is 1. The van der Waals surface area contributed by atoms with Gasteiger partial charge in [-0.2, -0.15) is 0 Å². The van der Waals surface area contributed by atoms with Gasteiger partial charge in [0.05, 0.1) is 35.2 Å². The van der Waals surface area contributed by atoms with Crippen molar-refractivity contribution in [3.05, 3.63) is 108 Å². The molecule has 202 valence electrons. The largest absolute Gasteiger partial charge is 0.494 e. The molecule has 4 rings (SSSR count). The maximum absolute atomic E-state index is 12.8. The molecule has 0 N–H and O–H groups in total. The van der Waals surface area contributed by atoms with Crippen LogP contribution in [0.1, 0.15) is 49.9 Å². The van der Waals surface area contributed by atoms with E-state index >= 15 is 0 Å². The number of ether oxygens (including phenoxy) is 1. The minimum absolute atomic E-state index is 0.0197. The molecule has 0 aliphatic heterocycles. The number of benzene rings is 3. The summed E-state index contributed by atoms with van der Waals surface area (Å²) in [5.74, 6) is 1.33. The van der Waals surface area contributed by atoms with Crippen LogP contribution in [-0.4, -0.2) is 26.2 Å². The molecule has 0 spiro atoms. The molecule has 1 unspecified atom stereocenters. The first-order valence-electron chi connectivity index (χ1n) is 13.6. The summed E-state index contributed by atoms with van der Waals surface area (Å²) >= 11 is 0. The van der Waals surface area contributed by atoms with Gasteiger partial charge in [0.25, 0.3) is 0 Å². The summed E-state index contributed by atoms with van der Waals surface area (Å²) in [6.07, 6.45) is 10.5. The number of imidazole rings is 1. The van der Waals surface area contributed by atoms with Crippen LogP contribution in [0.3, 0.4) is 0 Å². The normalized spacial score (nSPS) is 12.1. The predicted molar refractivity (Wildman–Crippen MR) is 159 cm³/mol. The minimum Gasteiger partial charge on any atom is -0.494 e. The summed E-state index contributed by atoms with van der Waals surface area (Å²) in [7, 11) is -1.16. The molecule has 0 bridgehead atoms. The molecular weight excluding hydrogens is 504 g/mol. The fraction of sp³-hybridized carbons (Fsp3) is 0.273. The van der Waals surface area contributed by atoms with Crippen LogP contribution in [0.5, 0.6) is 5.75 Å². The van der Waals surface area contributed by atoms with E-state index in [1.54, 1.807) is 18.6 Å². The number of nitrogens with zero attached hydrogens (tertiary/aromatic N) is 2. The molecular formula is C33H36N2O3S. The summed E-state index contributed by atoms with van der Waals surface area (Å²) in [6, 6.07) is 23.7. The van der Waals surface area contributed by atoms with Crippen molar-refractivity contribution in [2.75, 3.05) is 6.61 Å². The third-order valence-corrected chi connectivity index (χ3v) is 7.77. The number of unbranched alkanes of at least 4 members (excludes halogenated alkanes) is 1. The molecule has 0 saturated carbocycles. The van der Waals surface area contributed by atoms with Gasteiger partial charge in [0.15, 0.2) is 5.78 Å². The number of hydrogen-bond donors (Lipinski definition) is 0. The van der Waals surface area contributed by atoms with E-state index in [1.165, 1.54) is 0 Å². The summed E-state index contributed by atoms with van der Waals surface area (Å²) in [5.41, 5.74) is 5.03. The molecule has 0 aliphatic carbocycles. The van der Waals surface area contributed by atoms with Crippen molar-refractivity contribution >= 4 is 22.7 Å². The average Bonchev–Trinajstić information content (AvgIpc) is 3.39. The Morgan fingerprint density at radius 2 is 1.77 bits per heavy atom. The van der Waals surface area contributed by atoms with Gasteiger partial charge in [0.1, 0.15) is 5.75 Å². The molecule has 0 radical (unpaired) electrons. The van der Waals surface area contributed by atoms with Crippen LogP contribution in [0.2, 0.25) is 0 Å². The number of aromatic nitrogens is 2. The highest BCUT2D eigenvalue weighted by Gasteiger charge is 2.10. The fourth-order valence-corrected chi connectivity index (χ4v) is 5.35. The first-order chi connectivity index (χ1) is 19.1. The van der Waals surface area contributed by atoms with Crippen LogP contribution in [-0.2, 0) is 34.3 Å². The van der Waals surface area contributed by atoms with E-state index in [1.807, 2.05) is 59.2 Å². The monoisotopic (exact) mass is 540 g/mol. The van der Waals surface area contributed by atoms with Crippen molar-refractivity contribution in [1.82, 2.24) is 9.55 Å². The van der Waals surface area contributed by atoms with E-state index in [9.17, 15) is 9.00 Å². The maximum Gasteiger partial charge on any atom is 0.160 e. The molecule has 0 fully saturated rings. The Morgan fingerprint density at radius 3 is 2.51 bits per heavy atom. The topological polar surface area (TPSA) is 61.2 Å². The Balaban J connectivity index is 1.32. The summed E-state index contributed by atoms with van der Waals surface area (Å²) in [5, 5.41) is 0. The van der Waals surface area contributed by atoms with E-state index in [4.69, 9.17) is 4.74 Å². The molecule has 1 aromatic heterocycles. The highest BCUT2D eigenvalue weighted by Crippen LogP contribution is 2.24. The lowest BCUT2D eigenvalue weighted by molar-refractivity contribution is -0.113. The van der Waals surface area contributed by atoms with Gasteiger partial charge in [-0.05, 0) is 71.5 Å². The van der Waals surface area contributed by atoms with Crippen molar-refractivity contribution in [3.63, 3.8) is 0 Å².